The van der Waals surface area contributed by atoms with Gasteiger partial charge in [-0.2, -0.15) is 0 Å². The molecular formula is C24H30N6O4. The number of nitrogens with zero attached hydrogens (tertiary/aromatic N) is 3. The van der Waals surface area contributed by atoms with E-state index in [0.29, 0.717) is 29.9 Å². The zero-order chi connectivity index (χ0) is 24.3. The van der Waals surface area contributed by atoms with E-state index in [9.17, 15) is 14.5 Å². The molecule has 34 heavy (non-hydrogen) atoms. The summed E-state index contributed by atoms with van der Waals surface area (Å²) in [6.45, 7) is 5.39. The molecule has 180 valence electrons. The van der Waals surface area contributed by atoms with Crippen LogP contribution in [0.1, 0.15) is 50.0 Å². The van der Waals surface area contributed by atoms with Gasteiger partial charge in [-0.1, -0.05) is 25.8 Å². The number of nitroso groups, excluding NO2 is 1. The summed E-state index contributed by atoms with van der Waals surface area (Å²) < 4.78 is 5.65. The van der Waals surface area contributed by atoms with E-state index in [-0.39, 0.29) is 17.6 Å². The molecule has 1 heterocycles. The van der Waals surface area contributed by atoms with Crippen molar-refractivity contribution in [1.29, 1.82) is 0 Å². The molecule has 1 aromatic heterocycles. The number of urea groups is 1. The lowest BCUT2D eigenvalue weighted by atomic mass is 9.83. The van der Waals surface area contributed by atoms with Crippen molar-refractivity contribution in [2.75, 3.05) is 13.1 Å². The summed E-state index contributed by atoms with van der Waals surface area (Å²) in [5.41, 5.74) is 0.527. The number of hydrogen-bond donors (Lipinski definition) is 3. The van der Waals surface area contributed by atoms with E-state index in [1.807, 2.05) is 6.92 Å². The van der Waals surface area contributed by atoms with Crippen molar-refractivity contribution in [2.24, 2.45) is 22.0 Å². The number of carbonyl (C=O) groups excluding carboxylic acids is 2. The molecular weight excluding hydrogens is 436 g/mol. The third kappa shape index (κ3) is 7.65. The van der Waals surface area contributed by atoms with Gasteiger partial charge in [0.05, 0.1) is 5.69 Å². The smallest absolute Gasteiger partial charge is 0.335 e. The highest BCUT2D eigenvalue weighted by Crippen LogP contribution is 2.28. The van der Waals surface area contributed by atoms with Gasteiger partial charge in [0.15, 0.2) is 0 Å². The maximum atomic E-state index is 12.1. The lowest BCUT2D eigenvalue weighted by Gasteiger charge is -2.26. The van der Waals surface area contributed by atoms with Crippen molar-refractivity contribution in [3.8, 4) is 11.6 Å². The third-order valence-corrected chi connectivity index (χ3v) is 5.59. The highest BCUT2D eigenvalue weighted by atomic mass is 16.5. The zero-order valence-corrected chi connectivity index (χ0v) is 19.4. The highest BCUT2D eigenvalue weighted by Gasteiger charge is 2.18. The molecule has 1 fully saturated rings. The number of benzene rings is 1. The Morgan fingerprint density at radius 1 is 1.06 bits per heavy atom. The fourth-order valence-corrected chi connectivity index (χ4v) is 3.67. The molecule has 1 saturated carbocycles. The Morgan fingerprint density at radius 3 is 2.47 bits per heavy atom. The number of pyridine rings is 1. The van der Waals surface area contributed by atoms with E-state index < -0.39 is 5.91 Å². The molecule has 3 amide bonds. The number of rotatable bonds is 7. The van der Waals surface area contributed by atoms with Crippen LogP contribution in [-0.4, -0.2) is 36.0 Å². The van der Waals surface area contributed by atoms with Crippen molar-refractivity contribution < 1.29 is 14.3 Å². The maximum Gasteiger partial charge on any atom is 0.335 e. The van der Waals surface area contributed by atoms with E-state index in [4.69, 9.17) is 4.74 Å². The minimum atomic E-state index is -0.961. The second-order valence-corrected chi connectivity index (χ2v) is 8.31. The Labute approximate surface area is 198 Å². The average Bonchev–Trinajstić information content (AvgIpc) is 2.84. The molecule has 10 nitrogen and oxygen atoms in total. The SMILES string of the molecule is CCNC(=O)N/C(=N\c1ccc(Oc2cccc(C(=O)N=O)n2)cc1)NC[C@H]1CC[C@H](C)CC1. The van der Waals surface area contributed by atoms with Gasteiger partial charge < -0.3 is 15.4 Å². The van der Waals surface area contributed by atoms with Crippen molar-refractivity contribution >= 4 is 23.6 Å². The summed E-state index contributed by atoms with van der Waals surface area (Å²) in [6, 6.07) is 11.0. The monoisotopic (exact) mass is 466 g/mol. The summed E-state index contributed by atoms with van der Waals surface area (Å²) in [7, 11) is 0. The summed E-state index contributed by atoms with van der Waals surface area (Å²) in [5.74, 6) is 1.38. The lowest BCUT2D eigenvalue weighted by molar-refractivity contribution is 0.0995. The van der Waals surface area contributed by atoms with Crippen LogP contribution >= 0.6 is 0 Å². The van der Waals surface area contributed by atoms with Crippen LogP contribution in [0.5, 0.6) is 11.6 Å². The van der Waals surface area contributed by atoms with Crippen molar-refractivity contribution in [1.82, 2.24) is 20.9 Å². The Morgan fingerprint density at radius 2 is 1.79 bits per heavy atom. The van der Waals surface area contributed by atoms with Crippen LogP contribution in [0, 0.1) is 16.7 Å². The quantitative estimate of drug-likeness (QED) is 0.312. The standard InChI is InChI=1S/C24H30N6O4/c1-3-25-24(32)29-23(26-15-17-9-7-16(2)8-10-17)27-18-11-13-19(14-12-18)34-21-6-4-5-20(28-21)22(31)30-33/h4-6,11-14,16-17H,3,7-10,15H2,1-2H3,(H3,25,26,27,29,32)/t16-,17-. The molecule has 0 unspecified atom stereocenters. The molecule has 1 aliphatic carbocycles. The minimum absolute atomic E-state index is 0.0895. The van der Waals surface area contributed by atoms with E-state index in [1.54, 1.807) is 36.4 Å². The number of aromatic nitrogens is 1. The van der Waals surface area contributed by atoms with Crippen molar-refractivity contribution in [3.05, 3.63) is 53.1 Å². The summed E-state index contributed by atoms with van der Waals surface area (Å²) in [6.07, 6.45) is 4.78. The fraction of sp³-hybridized carbons (Fsp3) is 0.417. The van der Waals surface area contributed by atoms with Gasteiger partial charge in [0.25, 0.3) is 0 Å². The average molecular weight is 467 g/mol. The van der Waals surface area contributed by atoms with E-state index in [2.05, 4.69) is 38.0 Å². The number of guanidine groups is 1. The van der Waals surface area contributed by atoms with Crippen LogP contribution in [0.3, 0.4) is 0 Å². The molecule has 0 atom stereocenters. The van der Waals surface area contributed by atoms with Crippen molar-refractivity contribution in [2.45, 2.75) is 39.5 Å². The van der Waals surface area contributed by atoms with Crippen LogP contribution in [0.4, 0.5) is 10.5 Å². The lowest BCUT2D eigenvalue weighted by Crippen LogP contribution is -2.47. The second kappa shape index (κ2) is 12.4. The molecule has 3 N–H and O–H groups in total. The Kier molecular flexibility index (Phi) is 9.07. The summed E-state index contributed by atoms with van der Waals surface area (Å²) in [4.78, 5) is 42.4. The number of carbonyl (C=O) groups is 2. The Hall–Kier alpha value is -3.82. The first kappa shape index (κ1) is 24.8. The molecule has 10 heteroatoms. The number of nitrogens with one attached hydrogen (secondary N) is 3. The number of aliphatic imine (C=N–C) groups is 1. The van der Waals surface area contributed by atoms with Gasteiger partial charge in [-0.3, -0.25) is 10.1 Å². The zero-order valence-electron chi connectivity index (χ0n) is 19.4. The Bertz CT molecular complexity index is 1020. The molecule has 1 aliphatic rings. The van der Waals surface area contributed by atoms with Gasteiger partial charge in [-0.05, 0) is 61.9 Å². The van der Waals surface area contributed by atoms with Gasteiger partial charge in [0.1, 0.15) is 11.4 Å². The largest absolute Gasteiger partial charge is 0.439 e. The first-order valence-corrected chi connectivity index (χ1v) is 11.5. The van der Waals surface area contributed by atoms with Gasteiger partial charge in [0.2, 0.25) is 11.8 Å². The van der Waals surface area contributed by atoms with Gasteiger partial charge in [-0.25, -0.2) is 14.8 Å². The van der Waals surface area contributed by atoms with E-state index >= 15 is 0 Å². The first-order chi connectivity index (χ1) is 16.5. The first-order valence-electron chi connectivity index (χ1n) is 11.5. The van der Waals surface area contributed by atoms with Crippen LogP contribution in [0.25, 0.3) is 0 Å². The predicted molar refractivity (Wildman–Crippen MR) is 129 cm³/mol. The maximum absolute atomic E-state index is 12.1. The number of ether oxygens (including phenoxy) is 1. The van der Waals surface area contributed by atoms with Crippen LogP contribution in [-0.2, 0) is 0 Å². The Balaban J connectivity index is 1.67. The third-order valence-electron chi connectivity index (χ3n) is 5.59. The minimum Gasteiger partial charge on any atom is -0.439 e. The van der Waals surface area contributed by atoms with Crippen molar-refractivity contribution in [3.63, 3.8) is 0 Å². The highest BCUT2D eigenvalue weighted by molar-refractivity contribution is 5.97. The number of hydrogen-bond acceptors (Lipinski definition) is 6. The van der Waals surface area contributed by atoms with Crippen LogP contribution < -0.4 is 20.7 Å². The number of amides is 3. The summed E-state index contributed by atoms with van der Waals surface area (Å²) in [5, 5.41) is 11.1. The molecule has 0 bridgehead atoms. The van der Waals surface area contributed by atoms with Gasteiger partial charge >= 0.3 is 11.9 Å². The summed E-state index contributed by atoms with van der Waals surface area (Å²) >= 11 is 0. The van der Waals surface area contributed by atoms with Gasteiger partial charge in [-0.15, -0.1) is 4.91 Å². The van der Waals surface area contributed by atoms with Crippen LogP contribution in [0.15, 0.2) is 52.6 Å². The normalized spacial score (nSPS) is 18.0. The molecule has 3 rings (SSSR count). The molecule has 0 spiro atoms. The predicted octanol–water partition coefficient (Wildman–Crippen LogP) is 4.50. The second-order valence-electron chi connectivity index (χ2n) is 8.31. The molecule has 0 saturated heterocycles. The van der Waals surface area contributed by atoms with Crippen LogP contribution in [0.2, 0.25) is 0 Å². The molecule has 1 aromatic carbocycles. The molecule has 2 aromatic rings. The fourth-order valence-electron chi connectivity index (χ4n) is 3.67. The van der Waals surface area contributed by atoms with E-state index in [1.165, 1.54) is 31.7 Å². The van der Waals surface area contributed by atoms with Gasteiger partial charge in [0, 0.05) is 24.3 Å². The molecule has 0 aliphatic heterocycles. The molecule has 0 radical (unpaired) electrons. The topological polar surface area (TPSA) is 134 Å². The van der Waals surface area contributed by atoms with E-state index in [0.717, 1.165) is 12.5 Å².